The van der Waals surface area contributed by atoms with Crippen LogP contribution in [0.3, 0.4) is 0 Å². The molecule has 0 radical (unpaired) electrons. The first-order valence-electron chi connectivity index (χ1n) is 6.86. The maximum Gasteiger partial charge on any atom is 0.289 e. The number of rotatable bonds is 4. The van der Waals surface area contributed by atoms with Gasteiger partial charge in [0, 0.05) is 25.6 Å². The molecule has 18 heavy (non-hydrogen) atoms. The van der Waals surface area contributed by atoms with Gasteiger partial charge in [-0.25, -0.2) is 0 Å². The molecule has 0 saturated carbocycles. The van der Waals surface area contributed by atoms with Gasteiger partial charge in [0.2, 0.25) is 0 Å². The van der Waals surface area contributed by atoms with Crippen LogP contribution in [0.5, 0.6) is 0 Å². The molecule has 2 heterocycles. The van der Waals surface area contributed by atoms with Gasteiger partial charge in [0.25, 0.3) is 5.91 Å². The summed E-state index contributed by atoms with van der Waals surface area (Å²) in [6.45, 7) is 6.73. The minimum Gasteiger partial charge on any atom is -0.456 e. The van der Waals surface area contributed by atoms with Gasteiger partial charge in [-0.05, 0) is 38.4 Å². The van der Waals surface area contributed by atoms with Gasteiger partial charge in [-0.3, -0.25) is 4.79 Å². The SMILES string of the molecule is CCc1ccc(C(=O)N(CC)C2CCCNC2)o1. The van der Waals surface area contributed by atoms with E-state index in [0.717, 1.165) is 44.7 Å². The van der Waals surface area contributed by atoms with Crippen LogP contribution in [-0.2, 0) is 6.42 Å². The summed E-state index contributed by atoms with van der Waals surface area (Å²) in [6, 6.07) is 3.98. The first kappa shape index (κ1) is 13.1. The van der Waals surface area contributed by atoms with E-state index in [9.17, 15) is 4.79 Å². The third-order valence-corrected chi connectivity index (χ3v) is 3.53. The molecule has 1 amide bonds. The van der Waals surface area contributed by atoms with E-state index >= 15 is 0 Å². The summed E-state index contributed by atoms with van der Waals surface area (Å²) < 4.78 is 5.56. The average Bonchev–Trinajstić information content (AvgIpc) is 2.89. The van der Waals surface area contributed by atoms with Gasteiger partial charge < -0.3 is 14.6 Å². The van der Waals surface area contributed by atoms with Crippen molar-refractivity contribution in [3.8, 4) is 0 Å². The van der Waals surface area contributed by atoms with Crippen LogP contribution in [0, 0.1) is 0 Å². The van der Waals surface area contributed by atoms with E-state index < -0.39 is 0 Å². The number of amides is 1. The third-order valence-electron chi connectivity index (χ3n) is 3.53. The number of carbonyl (C=O) groups is 1. The summed E-state index contributed by atoms with van der Waals surface area (Å²) in [6.07, 6.45) is 3.03. The van der Waals surface area contributed by atoms with Crippen LogP contribution >= 0.6 is 0 Å². The number of carbonyl (C=O) groups excluding carboxylic acids is 1. The van der Waals surface area contributed by atoms with Crippen LogP contribution in [-0.4, -0.2) is 36.5 Å². The second-order valence-electron chi connectivity index (χ2n) is 4.71. The Bertz CT molecular complexity index is 394. The van der Waals surface area contributed by atoms with Crippen molar-refractivity contribution in [3.63, 3.8) is 0 Å². The zero-order valence-electron chi connectivity index (χ0n) is 11.2. The minimum absolute atomic E-state index is 0.0194. The van der Waals surface area contributed by atoms with Crippen molar-refractivity contribution >= 4 is 5.91 Å². The number of hydrogen-bond donors (Lipinski definition) is 1. The number of hydrogen-bond acceptors (Lipinski definition) is 3. The number of nitrogens with zero attached hydrogens (tertiary/aromatic N) is 1. The Balaban J connectivity index is 2.08. The molecular weight excluding hydrogens is 228 g/mol. The first-order valence-corrected chi connectivity index (χ1v) is 6.86. The standard InChI is InChI=1S/C14H22N2O2/c1-3-12-7-8-13(18-12)14(17)16(4-2)11-6-5-9-15-10-11/h7-8,11,15H,3-6,9-10H2,1-2H3. The Morgan fingerprint density at radius 1 is 1.50 bits per heavy atom. The Kier molecular flexibility index (Phi) is 4.42. The molecule has 1 aromatic rings. The topological polar surface area (TPSA) is 45.5 Å². The lowest BCUT2D eigenvalue weighted by Gasteiger charge is -2.33. The largest absolute Gasteiger partial charge is 0.456 e. The molecule has 1 aliphatic heterocycles. The molecular formula is C14H22N2O2. The third kappa shape index (κ3) is 2.75. The molecule has 0 aliphatic carbocycles. The van der Waals surface area contributed by atoms with Gasteiger partial charge in [0.15, 0.2) is 5.76 Å². The number of piperidine rings is 1. The maximum absolute atomic E-state index is 12.4. The fourth-order valence-electron chi connectivity index (χ4n) is 2.49. The van der Waals surface area contributed by atoms with E-state index in [0.29, 0.717) is 11.8 Å². The van der Waals surface area contributed by atoms with Gasteiger partial charge in [-0.2, -0.15) is 0 Å². The zero-order valence-corrected chi connectivity index (χ0v) is 11.2. The van der Waals surface area contributed by atoms with E-state index in [-0.39, 0.29) is 5.91 Å². The first-order chi connectivity index (χ1) is 8.76. The normalized spacial score (nSPS) is 19.8. The summed E-state index contributed by atoms with van der Waals surface area (Å²) >= 11 is 0. The quantitative estimate of drug-likeness (QED) is 0.889. The van der Waals surface area contributed by atoms with Crippen LogP contribution in [0.2, 0.25) is 0 Å². The molecule has 2 rings (SSSR count). The molecule has 0 spiro atoms. The van der Waals surface area contributed by atoms with Gasteiger partial charge >= 0.3 is 0 Å². The summed E-state index contributed by atoms with van der Waals surface area (Å²) in [5, 5.41) is 3.35. The van der Waals surface area contributed by atoms with Crippen LogP contribution in [0.15, 0.2) is 16.5 Å². The van der Waals surface area contributed by atoms with Crippen LogP contribution in [0.1, 0.15) is 43.0 Å². The molecule has 1 fully saturated rings. The average molecular weight is 250 g/mol. The molecule has 1 saturated heterocycles. The van der Waals surface area contributed by atoms with Crippen molar-refractivity contribution in [2.24, 2.45) is 0 Å². The van der Waals surface area contributed by atoms with E-state index in [1.807, 2.05) is 24.8 Å². The predicted molar refractivity (Wildman–Crippen MR) is 70.7 cm³/mol. The number of likely N-dealkylation sites (N-methyl/N-ethyl adjacent to an activating group) is 1. The number of furan rings is 1. The molecule has 0 bridgehead atoms. The number of nitrogens with one attached hydrogen (secondary N) is 1. The second-order valence-corrected chi connectivity index (χ2v) is 4.71. The highest BCUT2D eigenvalue weighted by Gasteiger charge is 2.26. The smallest absolute Gasteiger partial charge is 0.289 e. The van der Waals surface area contributed by atoms with Gasteiger partial charge in [-0.15, -0.1) is 0 Å². The van der Waals surface area contributed by atoms with Crippen LogP contribution in [0.25, 0.3) is 0 Å². The van der Waals surface area contributed by atoms with E-state index in [2.05, 4.69) is 5.32 Å². The van der Waals surface area contributed by atoms with E-state index in [1.54, 1.807) is 6.07 Å². The monoisotopic (exact) mass is 250 g/mol. The predicted octanol–water partition coefficient (Wildman–Crippen LogP) is 2.06. The van der Waals surface area contributed by atoms with E-state index in [4.69, 9.17) is 4.42 Å². The summed E-state index contributed by atoms with van der Waals surface area (Å²) in [5.41, 5.74) is 0. The molecule has 1 aromatic heterocycles. The second kappa shape index (κ2) is 6.05. The molecule has 1 N–H and O–H groups in total. The van der Waals surface area contributed by atoms with Crippen molar-refractivity contribution in [2.45, 2.75) is 39.2 Å². The lowest BCUT2D eigenvalue weighted by molar-refractivity contribution is 0.0628. The molecule has 100 valence electrons. The van der Waals surface area contributed by atoms with E-state index in [1.165, 1.54) is 0 Å². The molecule has 1 atom stereocenters. The van der Waals surface area contributed by atoms with Crippen molar-refractivity contribution < 1.29 is 9.21 Å². The van der Waals surface area contributed by atoms with Gasteiger partial charge in [0.1, 0.15) is 5.76 Å². The van der Waals surface area contributed by atoms with Crippen LogP contribution in [0.4, 0.5) is 0 Å². The molecule has 4 nitrogen and oxygen atoms in total. The fraction of sp³-hybridized carbons (Fsp3) is 0.643. The summed E-state index contributed by atoms with van der Waals surface area (Å²) in [5.74, 6) is 1.36. The molecule has 1 unspecified atom stereocenters. The van der Waals surface area contributed by atoms with Gasteiger partial charge in [0.05, 0.1) is 0 Å². The Labute approximate surface area is 108 Å². The van der Waals surface area contributed by atoms with Crippen molar-refractivity contribution in [1.82, 2.24) is 10.2 Å². The fourth-order valence-corrected chi connectivity index (χ4v) is 2.49. The highest BCUT2D eigenvalue weighted by molar-refractivity contribution is 5.91. The Morgan fingerprint density at radius 2 is 2.33 bits per heavy atom. The highest BCUT2D eigenvalue weighted by Crippen LogP contribution is 2.16. The zero-order chi connectivity index (χ0) is 13.0. The van der Waals surface area contributed by atoms with Gasteiger partial charge in [-0.1, -0.05) is 6.92 Å². The Hall–Kier alpha value is -1.29. The van der Waals surface area contributed by atoms with Crippen molar-refractivity contribution in [1.29, 1.82) is 0 Å². The lowest BCUT2D eigenvalue weighted by atomic mass is 10.1. The molecule has 4 heteroatoms. The maximum atomic E-state index is 12.4. The molecule has 0 aromatic carbocycles. The number of aryl methyl sites for hydroxylation is 1. The van der Waals surface area contributed by atoms with Crippen molar-refractivity contribution in [3.05, 3.63) is 23.7 Å². The highest BCUT2D eigenvalue weighted by atomic mass is 16.4. The molecule has 1 aliphatic rings. The summed E-state index contributed by atoms with van der Waals surface area (Å²) in [4.78, 5) is 14.3. The Morgan fingerprint density at radius 3 is 2.89 bits per heavy atom. The minimum atomic E-state index is 0.0194. The summed E-state index contributed by atoms with van der Waals surface area (Å²) in [7, 11) is 0. The van der Waals surface area contributed by atoms with Crippen LogP contribution < -0.4 is 5.32 Å². The van der Waals surface area contributed by atoms with Crippen molar-refractivity contribution in [2.75, 3.05) is 19.6 Å². The lowest BCUT2D eigenvalue weighted by Crippen LogP contribution is -2.48.